The van der Waals surface area contributed by atoms with E-state index in [1.54, 1.807) is 25.3 Å². The Morgan fingerprint density at radius 1 is 1.17 bits per heavy atom. The molecule has 1 aliphatic rings. The van der Waals surface area contributed by atoms with Crippen LogP contribution < -0.4 is 24.8 Å². The first kappa shape index (κ1) is 16.1. The summed E-state index contributed by atoms with van der Waals surface area (Å²) in [4.78, 5) is 12.0. The maximum Gasteiger partial charge on any atom is 0.238 e. The number of carbonyl (C=O) groups excluding carboxylic acids is 1. The zero-order valence-corrected chi connectivity index (χ0v) is 13.5. The van der Waals surface area contributed by atoms with Crippen molar-refractivity contribution in [2.75, 3.05) is 32.3 Å². The highest BCUT2D eigenvalue weighted by molar-refractivity contribution is 5.92. The van der Waals surface area contributed by atoms with Gasteiger partial charge in [0.2, 0.25) is 12.7 Å². The number of hydrogen-bond acceptors (Lipinski definition) is 5. The van der Waals surface area contributed by atoms with E-state index < -0.39 is 0 Å². The molecule has 0 aromatic heterocycles. The van der Waals surface area contributed by atoms with Gasteiger partial charge in [0.05, 0.1) is 13.7 Å². The van der Waals surface area contributed by atoms with E-state index in [9.17, 15) is 4.79 Å². The van der Waals surface area contributed by atoms with Crippen LogP contribution >= 0.6 is 0 Å². The summed E-state index contributed by atoms with van der Waals surface area (Å²) >= 11 is 0. The minimum atomic E-state index is -0.0977. The van der Waals surface area contributed by atoms with Gasteiger partial charge in [0.15, 0.2) is 11.5 Å². The predicted octanol–water partition coefficient (Wildman–Crippen LogP) is 2.19. The van der Waals surface area contributed by atoms with Gasteiger partial charge in [0, 0.05) is 11.8 Å². The van der Waals surface area contributed by atoms with Crippen molar-refractivity contribution < 1.29 is 19.0 Å². The predicted molar refractivity (Wildman–Crippen MR) is 90.8 cm³/mol. The van der Waals surface area contributed by atoms with E-state index >= 15 is 0 Å². The summed E-state index contributed by atoms with van der Waals surface area (Å²) in [5.74, 6) is 2.09. The van der Waals surface area contributed by atoms with Crippen molar-refractivity contribution in [3.05, 3.63) is 48.0 Å². The van der Waals surface area contributed by atoms with Crippen LogP contribution in [0.25, 0.3) is 0 Å². The minimum absolute atomic E-state index is 0.0977. The number of amides is 1. The SMILES string of the molecule is COc1cccc(CCNCC(=O)Nc2ccc3c(c2)OCO3)c1. The van der Waals surface area contributed by atoms with Crippen LogP contribution in [0.3, 0.4) is 0 Å². The summed E-state index contributed by atoms with van der Waals surface area (Å²) < 4.78 is 15.7. The Morgan fingerprint density at radius 2 is 2.04 bits per heavy atom. The second-order valence-electron chi connectivity index (χ2n) is 5.39. The normalized spacial score (nSPS) is 12.0. The lowest BCUT2D eigenvalue weighted by Gasteiger charge is -2.08. The third kappa shape index (κ3) is 4.17. The minimum Gasteiger partial charge on any atom is -0.497 e. The highest BCUT2D eigenvalue weighted by Crippen LogP contribution is 2.34. The topological polar surface area (TPSA) is 68.8 Å². The molecule has 3 rings (SSSR count). The molecule has 6 nitrogen and oxygen atoms in total. The monoisotopic (exact) mass is 328 g/mol. The van der Waals surface area contributed by atoms with Crippen molar-refractivity contribution in [2.45, 2.75) is 6.42 Å². The van der Waals surface area contributed by atoms with Gasteiger partial charge >= 0.3 is 0 Å². The molecule has 0 fully saturated rings. The second-order valence-corrected chi connectivity index (χ2v) is 5.39. The largest absolute Gasteiger partial charge is 0.497 e. The van der Waals surface area contributed by atoms with Gasteiger partial charge in [-0.3, -0.25) is 4.79 Å². The molecule has 6 heteroatoms. The van der Waals surface area contributed by atoms with Crippen molar-refractivity contribution in [1.82, 2.24) is 5.32 Å². The molecule has 1 heterocycles. The Balaban J connectivity index is 1.41. The summed E-state index contributed by atoms with van der Waals surface area (Å²) in [6.45, 7) is 1.18. The Hall–Kier alpha value is -2.73. The van der Waals surface area contributed by atoms with Crippen LogP contribution in [0.5, 0.6) is 17.2 Å². The van der Waals surface area contributed by atoms with Crippen molar-refractivity contribution in [3.63, 3.8) is 0 Å². The van der Waals surface area contributed by atoms with E-state index in [1.165, 1.54) is 0 Å². The molecule has 0 atom stereocenters. The number of methoxy groups -OCH3 is 1. The first-order valence-corrected chi connectivity index (χ1v) is 7.78. The molecular formula is C18H20N2O4. The average Bonchev–Trinajstić information content (AvgIpc) is 3.06. The second kappa shape index (κ2) is 7.70. The van der Waals surface area contributed by atoms with Crippen molar-refractivity contribution in [3.8, 4) is 17.2 Å². The van der Waals surface area contributed by atoms with Gasteiger partial charge in [-0.1, -0.05) is 12.1 Å². The highest BCUT2D eigenvalue weighted by Gasteiger charge is 2.13. The van der Waals surface area contributed by atoms with Crippen LogP contribution in [0.15, 0.2) is 42.5 Å². The number of fused-ring (bicyclic) bond motifs is 1. The number of benzene rings is 2. The molecule has 0 bridgehead atoms. The maximum atomic E-state index is 12.0. The lowest BCUT2D eigenvalue weighted by Crippen LogP contribution is -2.29. The van der Waals surface area contributed by atoms with E-state index in [4.69, 9.17) is 14.2 Å². The van der Waals surface area contributed by atoms with Gasteiger partial charge in [0.25, 0.3) is 0 Å². The van der Waals surface area contributed by atoms with Crippen molar-refractivity contribution in [1.29, 1.82) is 0 Å². The molecule has 126 valence electrons. The first-order valence-electron chi connectivity index (χ1n) is 7.78. The fourth-order valence-electron chi connectivity index (χ4n) is 2.44. The number of carbonyl (C=O) groups is 1. The van der Waals surface area contributed by atoms with Gasteiger partial charge in [-0.25, -0.2) is 0 Å². The van der Waals surface area contributed by atoms with E-state index in [1.807, 2.05) is 24.3 Å². The summed E-state index contributed by atoms with van der Waals surface area (Å²) in [6.07, 6.45) is 0.828. The number of hydrogen-bond donors (Lipinski definition) is 2. The van der Waals surface area contributed by atoms with Gasteiger partial charge < -0.3 is 24.8 Å². The quantitative estimate of drug-likeness (QED) is 0.763. The molecule has 0 unspecified atom stereocenters. The smallest absolute Gasteiger partial charge is 0.238 e. The van der Waals surface area contributed by atoms with Gasteiger partial charge in [-0.15, -0.1) is 0 Å². The fraction of sp³-hybridized carbons (Fsp3) is 0.278. The molecule has 0 saturated heterocycles. The van der Waals surface area contributed by atoms with Gasteiger partial charge in [-0.05, 0) is 42.8 Å². The van der Waals surface area contributed by atoms with E-state index in [2.05, 4.69) is 10.6 Å². The maximum absolute atomic E-state index is 12.0. The lowest BCUT2D eigenvalue weighted by atomic mass is 10.1. The Morgan fingerprint density at radius 3 is 2.92 bits per heavy atom. The summed E-state index contributed by atoms with van der Waals surface area (Å²) in [5, 5.41) is 5.97. The summed E-state index contributed by atoms with van der Waals surface area (Å²) in [6, 6.07) is 13.2. The molecule has 0 aliphatic carbocycles. The van der Waals surface area contributed by atoms with Crippen molar-refractivity contribution in [2.24, 2.45) is 0 Å². The molecule has 0 saturated carbocycles. The van der Waals surface area contributed by atoms with Crippen molar-refractivity contribution >= 4 is 11.6 Å². The van der Waals surface area contributed by atoms with E-state index in [0.29, 0.717) is 23.7 Å². The van der Waals surface area contributed by atoms with Crippen LogP contribution in [0, 0.1) is 0 Å². The molecular weight excluding hydrogens is 308 g/mol. The molecule has 2 aromatic rings. The van der Waals surface area contributed by atoms with Crippen LogP contribution in [-0.4, -0.2) is 32.9 Å². The number of rotatable bonds is 7. The highest BCUT2D eigenvalue weighted by atomic mass is 16.7. The molecule has 2 aromatic carbocycles. The molecule has 24 heavy (non-hydrogen) atoms. The number of ether oxygens (including phenoxy) is 3. The third-order valence-corrected chi connectivity index (χ3v) is 3.67. The number of anilines is 1. The van der Waals surface area contributed by atoms with Gasteiger partial charge in [-0.2, -0.15) is 0 Å². The van der Waals surface area contributed by atoms with Crippen LogP contribution in [0.4, 0.5) is 5.69 Å². The number of nitrogens with one attached hydrogen (secondary N) is 2. The summed E-state index contributed by atoms with van der Waals surface area (Å²) in [7, 11) is 1.65. The Labute approximate surface area is 140 Å². The Kier molecular flexibility index (Phi) is 5.18. The zero-order chi connectivity index (χ0) is 16.8. The van der Waals surface area contributed by atoms with Crippen LogP contribution in [0.1, 0.15) is 5.56 Å². The average molecular weight is 328 g/mol. The Bertz CT molecular complexity index is 718. The van der Waals surface area contributed by atoms with Gasteiger partial charge in [0.1, 0.15) is 5.75 Å². The molecule has 0 spiro atoms. The van der Waals surface area contributed by atoms with E-state index in [0.717, 1.165) is 17.7 Å². The van der Waals surface area contributed by atoms with Crippen LogP contribution in [-0.2, 0) is 11.2 Å². The fourth-order valence-corrected chi connectivity index (χ4v) is 2.44. The zero-order valence-electron chi connectivity index (χ0n) is 13.5. The first-order chi connectivity index (χ1) is 11.7. The summed E-state index contributed by atoms with van der Waals surface area (Å²) in [5.41, 5.74) is 1.86. The molecule has 1 amide bonds. The molecule has 2 N–H and O–H groups in total. The standard InChI is InChI=1S/C18H20N2O4/c1-22-15-4-2-3-13(9-15)7-8-19-11-18(21)20-14-5-6-16-17(10-14)24-12-23-16/h2-6,9-10,19H,7-8,11-12H2,1H3,(H,20,21). The third-order valence-electron chi connectivity index (χ3n) is 3.67. The molecule has 0 radical (unpaired) electrons. The van der Waals surface area contributed by atoms with E-state index in [-0.39, 0.29) is 19.2 Å². The van der Waals surface area contributed by atoms with Crippen LogP contribution in [0.2, 0.25) is 0 Å². The lowest BCUT2D eigenvalue weighted by molar-refractivity contribution is -0.115. The molecule has 1 aliphatic heterocycles.